The van der Waals surface area contributed by atoms with E-state index in [9.17, 15) is 10.5 Å². The summed E-state index contributed by atoms with van der Waals surface area (Å²) in [6.07, 6.45) is 3.15. The molecule has 16 heavy (non-hydrogen) atoms. The lowest BCUT2D eigenvalue weighted by molar-refractivity contribution is 0.0711. The van der Waals surface area contributed by atoms with Crippen LogP contribution >= 0.6 is 0 Å². The fourth-order valence-electron chi connectivity index (χ4n) is 2.62. The Morgan fingerprint density at radius 1 is 1.19 bits per heavy atom. The van der Waals surface area contributed by atoms with E-state index in [0.717, 1.165) is 19.3 Å². The SMILES string of the molecule is CCC1CCC(C)N2NN1C(C#N)C2C#N. The first-order chi connectivity index (χ1) is 7.72. The van der Waals surface area contributed by atoms with E-state index in [1.807, 2.05) is 10.0 Å². The molecule has 2 heterocycles. The normalized spacial score (nSPS) is 46.8. The molecule has 0 aliphatic carbocycles. The molecule has 2 aliphatic heterocycles. The van der Waals surface area contributed by atoms with Crippen molar-refractivity contribution in [3.8, 4) is 12.1 Å². The lowest BCUT2D eigenvalue weighted by atomic mass is 9.98. The van der Waals surface area contributed by atoms with Gasteiger partial charge >= 0.3 is 0 Å². The van der Waals surface area contributed by atoms with Crippen LogP contribution in [0.4, 0.5) is 0 Å². The lowest BCUT2D eigenvalue weighted by Gasteiger charge is -2.27. The van der Waals surface area contributed by atoms with E-state index in [1.54, 1.807) is 0 Å². The molecule has 86 valence electrons. The Balaban J connectivity index is 2.30. The van der Waals surface area contributed by atoms with Gasteiger partial charge in [-0.2, -0.15) is 16.1 Å². The molecular weight excluding hydrogens is 202 g/mol. The molecule has 1 N–H and O–H groups in total. The van der Waals surface area contributed by atoms with Crippen LogP contribution in [0.1, 0.15) is 33.1 Å². The zero-order valence-electron chi connectivity index (χ0n) is 9.72. The van der Waals surface area contributed by atoms with Crippen LogP contribution in [0.25, 0.3) is 0 Å². The minimum Gasteiger partial charge on any atom is -0.208 e. The minimum atomic E-state index is -0.352. The maximum absolute atomic E-state index is 9.20. The summed E-state index contributed by atoms with van der Waals surface area (Å²) in [6.45, 7) is 4.23. The summed E-state index contributed by atoms with van der Waals surface area (Å²) in [5, 5.41) is 22.3. The molecule has 2 aliphatic rings. The van der Waals surface area contributed by atoms with Crippen LogP contribution < -0.4 is 5.53 Å². The van der Waals surface area contributed by atoms with Crippen molar-refractivity contribution in [2.24, 2.45) is 0 Å². The fourth-order valence-corrected chi connectivity index (χ4v) is 2.62. The largest absolute Gasteiger partial charge is 0.208 e. The van der Waals surface area contributed by atoms with Crippen LogP contribution in [0.15, 0.2) is 0 Å². The molecule has 0 aromatic rings. The van der Waals surface area contributed by atoms with Crippen molar-refractivity contribution in [2.45, 2.75) is 57.3 Å². The molecule has 0 radical (unpaired) electrons. The quantitative estimate of drug-likeness (QED) is 0.705. The van der Waals surface area contributed by atoms with Crippen LogP contribution in [0.3, 0.4) is 0 Å². The van der Waals surface area contributed by atoms with E-state index in [1.165, 1.54) is 0 Å². The minimum absolute atomic E-state index is 0.307. The predicted octanol–water partition coefficient (Wildman–Crippen LogP) is 0.769. The van der Waals surface area contributed by atoms with Gasteiger partial charge in [0, 0.05) is 12.1 Å². The van der Waals surface area contributed by atoms with Crippen LogP contribution in [-0.2, 0) is 0 Å². The number of hydrogen-bond donors (Lipinski definition) is 1. The highest BCUT2D eigenvalue weighted by Crippen LogP contribution is 2.29. The summed E-state index contributed by atoms with van der Waals surface area (Å²) in [4.78, 5) is 0. The number of fused-ring (bicyclic) bond motifs is 2. The van der Waals surface area contributed by atoms with E-state index < -0.39 is 0 Å². The van der Waals surface area contributed by atoms with Crippen LogP contribution in [0, 0.1) is 22.7 Å². The van der Waals surface area contributed by atoms with Crippen molar-refractivity contribution in [3.63, 3.8) is 0 Å². The standard InChI is InChI=1S/C11H17N5/c1-3-9-5-4-8(2)15-10(6-12)11(7-13)16(9)14-15/h8-11,14H,3-5H2,1-2H3. The van der Waals surface area contributed by atoms with Gasteiger partial charge in [-0.1, -0.05) is 6.92 Å². The third kappa shape index (κ3) is 1.58. The molecule has 6 atom stereocenters. The Morgan fingerprint density at radius 2 is 1.81 bits per heavy atom. The molecule has 2 bridgehead atoms. The summed E-state index contributed by atoms with van der Waals surface area (Å²) in [5.41, 5.74) is 3.23. The van der Waals surface area contributed by atoms with E-state index in [4.69, 9.17) is 0 Å². The molecule has 2 fully saturated rings. The van der Waals surface area contributed by atoms with Crippen molar-refractivity contribution in [1.29, 1.82) is 10.5 Å². The van der Waals surface area contributed by atoms with Crippen LogP contribution in [0.5, 0.6) is 0 Å². The van der Waals surface area contributed by atoms with Gasteiger partial charge in [-0.25, -0.2) is 10.0 Å². The number of nitrogens with one attached hydrogen (secondary N) is 1. The lowest BCUT2D eigenvalue weighted by Crippen LogP contribution is -2.46. The molecule has 6 unspecified atom stereocenters. The molecule has 0 amide bonds. The molecule has 2 rings (SSSR count). The predicted molar refractivity (Wildman–Crippen MR) is 58.4 cm³/mol. The highest BCUT2D eigenvalue weighted by Gasteiger charge is 2.47. The molecule has 0 aromatic carbocycles. The summed E-state index contributed by atoms with van der Waals surface area (Å²) in [5.74, 6) is 0. The summed E-state index contributed by atoms with van der Waals surface area (Å²) in [7, 11) is 0. The molecule has 2 saturated heterocycles. The third-order valence-electron chi connectivity index (χ3n) is 3.65. The van der Waals surface area contributed by atoms with Crippen molar-refractivity contribution >= 4 is 0 Å². The average Bonchev–Trinajstić information content (AvgIpc) is 2.59. The summed E-state index contributed by atoms with van der Waals surface area (Å²) < 4.78 is 0. The maximum atomic E-state index is 9.20. The van der Waals surface area contributed by atoms with Gasteiger partial charge in [0.1, 0.15) is 12.1 Å². The Labute approximate surface area is 96.2 Å². The van der Waals surface area contributed by atoms with Crippen LogP contribution in [0.2, 0.25) is 0 Å². The number of rotatable bonds is 1. The molecule has 0 aromatic heterocycles. The van der Waals surface area contributed by atoms with E-state index in [-0.39, 0.29) is 12.1 Å². The second-order valence-corrected chi connectivity index (χ2v) is 4.55. The first-order valence-electron chi connectivity index (χ1n) is 5.85. The number of nitriles is 2. The van der Waals surface area contributed by atoms with Crippen molar-refractivity contribution in [2.75, 3.05) is 0 Å². The molecule has 5 nitrogen and oxygen atoms in total. The molecular formula is C11H17N5. The number of hydrogen-bond acceptors (Lipinski definition) is 5. The summed E-state index contributed by atoms with van der Waals surface area (Å²) in [6, 6.07) is 4.45. The van der Waals surface area contributed by atoms with E-state index in [0.29, 0.717) is 12.1 Å². The van der Waals surface area contributed by atoms with Gasteiger partial charge in [0.2, 0.25) is 0 Å². The topological polar surface area (TPSA) is 66.1 Å². The highest BCUT2D eigenvalue weighted by atomic mass is 15.8. The zero-order valence-corrected chi connectivity index (χ0v) is 9.72. The van der Waals surface area contributed by atoms with Gasteiger partial charge in [-0.15, -0.1) is 0 Å². The smallest absolute Gasteiger partial charge is 0.143 e. The average molecular weight is 219 g/mol. The number of hydrazine groups is 2. The summed E-state index contributed by atoms with van der Waals surface area (Å²) >= 11 is 0. The highest BCUT2D eigenvalue weighted by molar-refractivity contribution is 5.14. The Bertz CT molecular complexity index is 341. The maximum Gasteiger partial charge on any atom is 0.143 e. The number of nitrogens with zero attached hydrogens (tertiary/aromatic N) is 4. The third-order valence-corrected chi connectivity index (χ3v) is 3.65. The van der Waals surface area contributed by atoms with Crippen molar-refractivity contribution < 1.29 is 0 Å². The van der Waals surface area contributed by atoms with Gasteiger partial charge in [0.25, 0.3) is 0 Å². The second kappa shape index (κ2) is 4.39. The monoisotopic (exact) mass is 219 g/mol. The molecule has 0 spiro atoms. The fraction of sp³-hybridized carbons (Fsp3) is 0.818. The van der Waals surface area contributed by atoms with Gasteiger partial charge in [0.15, 0.2) is 0 Å². The van der Waals surface area contributed by atoms with Gasteiger partial charge in [-0.05, 0) is 26.2 Å². The Hall–Kier alpha value is -1.14. The second-order valence-electron chi connectivity index (χ2n) is 4.55. The van der Waals surface area contributed by atoms with Gasteiger partial charge < -0.3 is 0 Å². The first kappa shape index (κ1) is 11.3. The van der Waals surface area contributed by atoms with Crippen molar-refractivity contribution in [1.82, 2.24) is 15.6 Å². The van der Waals surface area contributed by atoms with Crippen molar-refractivity contribution in [3.05, 3.63) is 0 Å². The molecule has 5 heteroatoms. The molecule has 0 saturated carbocycles. The van der Waals surface area contributed by atoms with Gasteiger partial charge in [0.05, 0.1) is 12.1 Å². The zero-order chi connectivity index (χ0) is 11.7. The Kier molecular flexibility index (Phi) is 3.11. The van der Waals surface area contributed by atoms with E-state index >= 15 is 0 Å². The Morgan fingerprint density at radius 3 is 2.38 bits per heavy atom. The van der Waals surface area contributed by atoms with Crippen LogP contribution in [-0.4, -0.2) is 34.2 Å². The first-order valence-corrected chi connectivity index (χ1v) is 5.85. The van der Waals surface area contributed by atoms with Gasteiger partial charge in [-0.3, -0.25) is 0 Å². The van der Waals surface area contributed by atoms with E-state index in [2.05, 4.69) is 31.5 Å².